The fraction of sp³-hybridized carbons (Fsp3) is 0.533. The maximum Gasteiger partial charge on any atom is 0.0672 e. The van der Waals surface area contributed by atoms with Crippen molar-refractivity contribution < 1.29 is 5.11 Å². The molecule has 3 atom stereocenters. The number of nitriles is 1. The van der Waals surface area contributed by atoms with Crippen molar-refractivity contribution in [3.8, 4) is 6.07 Å². The smallest absolute Gasteiger partial charge is 0.0672 e. The van der Waals surface area contributed by atoms with Gasteiger partial charge in [-0.1, -0.05) is 36.8 Å². The zero-order valence-electron chi connectivity index (χ0n) is 10.8. The number of nitrogens with one attached hydrogen (secondary N) is 1. The molecule has 0 radical (unpaired) electrons. The fourth-order valence-electron chi connectivity index (χ4n) is 2.72. The molecule has 3 unspecified atom stereocenters. The number of aliphatic hydroxyl groups excluding tert-OH is 1. The van der Waals surface area contributed by atoms with E-state index in [4.69, 9.17) is 5.26 Å². The van der Waals surface area contributed by atoms with Gasteiger partial charge < -0.3 is 10.4 Å². The van der Waals surface area contributed by atoms with Crippen LogP contribution in [0.15, 0.2) is 30.3 Å². The summed E-state index contributed by atoms with van der Waals surface area (Å²) in [4.78, 5) is 0. The van der Waals surface area contributed by atoms with Crippen molar-refractivity contribution in [2.24, 2.45) is 5.92 Å². The molecule has 3 nitrogen and oxygen atoms in total. The van der Waals surface area contributed by atoms with Crippen molar-refractivity contribution in [3.05, 3.63) is 35.9 Å². The van der Waals surface area contributed by atoms with Gasteiger partial charge in [-0.2, -0.15) is 5.26 Å². The highest BCUT2D eigenvalue weighted by Crippen LogP contribution is 2.29. The summed E-state index contributed by atoms with van der Waals surface area (Å²) >= 11 is 0. The topological polar surface area (TPSA) is 56.0 Å². The molecule has 0 aromatic heterocycles. The predicted molar refractivity (Wildman–Crippen MR) is 70.8 cm³/mol. The first kappa shape index (κ1) is 13.1. The molecule has 1 aromatic carbocycles. The first-order valence-corrected chi connectivity index (χ1v) is 6.53. The van der Waals surface area contributed by atoms with Crippen LogP contribution >= 0.6 is 0 Å². The van der Waals surface area contributed by atoms with E-state index in [2.05, 4.69) is 11.4 Å². The molecule has 1 aliphatic rings. The zero-order chi connectivity index (χ0) is 13.0. The SMILES string of the molecule is CC(CO)(NC1CCCC1C#N)c1ccccc1. The third-order valence-corrected chi connectivity index (χ3v) is 3.91. The van der Waals surface area contributed by atoms with Gasteiger partial charge in [0.15, 0.2) is 0 Å². The molecule has 0 saturated heterocycles. The predicted octanol–water partition coefficient (Wildman–Crippen LogP) is 2.18. The van der Waals surface area contributed by atoms with Crippen LogP contribution in [0.5, 0.6) is 0 Å². The largest absolute Gasteiger partial charge is 0.394 e. The Kier molecular flexibility index (Phi) is 4.00. The first-order chi connectivity index (χ1) is 8.69. The van der Waals surface area contributed by atoms with Gasteiger partial charge in [-0.25, -0.2) is 0 Å². The molecule has 1 saturated carbocycles. The van der Waals surface area contributed by atoms with Gasteiger partial charge in [-0.05, 0) is 25.3 Å². The summed E-state index contributed by atoms with van der Waals surface area (Å²) in [5, 5.41) is 22.3. The van der Waals surface area contributed by atoms with Crippen LogP contribution in [0.2, 0.25) is 0 Å². The third kappa shape index (κ3) is 2.55. The van der Waals surface area contributed by atoms with E-state index < -0.39 is 5.54 Å². The number of aliphatic hydroxyl groups is 1. The molecule has 2 N–H and O–H groups in total. The van der Waals surface area contributed by atoms with Gasteiger partial charge in [0.2, 0.25) is 0 Å². The van der Waals surface area contributed by atoms with E-state index in [1.165, 1.54) is 0 Å². The second kappa shape index (κ2) is 5.51. The van der Waals surface area contributed by atoms with E-state index in [1.54, 1.807) is 0 Å². The van der Waals surface area contributed by atoms with E-state index in [1.807, 2.05) is 37.3 Å². The fourth-order valence-corrected chi connectivity index (χ4v) is 2.72. The number of rotatable bonds is 4. The van der Waals surface area contributed by atoms with Crippen LogP contribution in [0, 0.1) is 17.2 Å². The third-order valence-electron chi connectivity index (χ3n) is 3.91. The molecule has 3 heteroatoms. The van der Waals surface area contributed by atoms with Crippen molar-refractivity contribution in [3.63, 3.8) is 0 Å². The molecule has 0 spiro atoms. The second-order valence-electron chi connectivity index (χ2n) is 5.27. The van der Waals surface area contributed by atoms with Crippen LogP contribution < -0.4 is 5.32 Å². The monoisotopic (exact) mass is 244 g/mol. The lowest BCUT2D eigenvalue weighted by Crippen LogP contribution is -2.49. The molecule has 0 aliphatic heterocycles. The number of nitrogens with zero attached hydrogens (tertiary/aromatic N) is 1. The minimum Gasteiger partial charge on any atom is -0.394 e. The van der Waals surface area contributed by atoms with E-state index in [-0.39, 0.29) is 18.6 Å². The highest BCUT2D eigenvalue weighted by molar-refractivity contribution is 5.24. The maximum absolute atomic E-state index is 9.71. The molecule has 0 heterocycles. The summed E-state index contributed by atoms with van der Waals surface area (Å²) in [6, 6.07) is 12.5. The van der Waals surface area contributed by atoms with Crippen molar-refractivity contribution in [1.82, 2.24) is 5.32 Å². The summed E-state index contributed by atoms with van der Waals surface area (Å²) in [5.41, 5.74) is 0.599. The lowest BCUT2D eigenvalue weighted by molar-refractivity contribution is 0.156. The molecule has 2 rings (SSSR count). The second-order valence-corrected chi connectivity index (χ2v) is 5.27. The van der Waals surface area contributed by atoms with Gasteiger partial charge >= 0.3 is 0 Å². The number of benzene rings is 1. The Bertz CT molecular complexity index is 426. The van der Waals surface area contributed by atoms with Crippen molar-refractivity contribution >= 4 is 0 Å². The Labute approximate surface area is 108 Å². The molecule has 1 aromatic rings. The summed E-state index contributed by atoms with van der Waals surface area (Å²) in [6.45, 7) is 2.03. The Hall–Kier alpha value is -1.37. The van der Waals surface area contributed by atoms with Crippen LogP contribution in [0.4, 0.5) is 0 Å². The van der Waals surface area contributed by atoms with Gasteiger partial charge in [0.25, 0.3) is 0 Å². The lowest BCUT2D eigenvalue weighted by atomic mass is 9.90. The van der Waals surface area contributed by atoms with Crippen LogP contribution in [0.1, 0.15) is 31.7 Å². The van der Waals surface area contributed by atoms with Gasteiger partial charge in [0.1, 0.15) is 0 Å². The average Bonchev–Trinajstić information content (AvgIpc) is 2.86. The van der Waals surface area contributed by atoms with E-state index >= 15 is 0 Å². The minimum absolute atomic E-state index is 0.0334. The average molecular weight is 244 g/mol. The highest BCUT2D eigenvalue weighted by Gasteiger charge is 2.34. The highest BCUT2D eigenvalue weighted by atomic mass is 16.3. The van der Waals surface area contributed by atoms with Crippen LogP contribution in [-0.2, 0) is 5.54 Å². The minimum atomic E-state index is -0.467. The molecule has 1 fully saturated rings. The van der Waals surface area contributed by atoms with Crippen molar-refractivity contribution in [1.29, 1.82) is 5.26 Å². The summed E-state index contributed by atoms with van der Waals surface area (Å²) < 4.78 is 0. The summed E-state index contributed by atoms with van der Waals surface area (Å²) in [6.07, 6.45) is 3.07. The van der Waals surface area contributed by atoms with Gasteiger partial charge in [0.05, 0.1) is 24.1 Å². The molecule has 96 valence electrons. The van der Waals surface area contributed by atoms with E-state index in [9.17, 15) is 5.11 Å². The molecule has 1 aliphatic carbocycles. The summed E-state index contributed by atoms with van der Waals surface area (Å²) in [7, 11) is 0. The van der Waals surface area contributed by atoms with Crippen LogP contribution in [0.25, 0.3) is 0 Å². The normalized spacial score (nSPS) is 26.5. The Morgan fingerprint density at radius 1 is 1.39 bits per heavy atom. The standard InChI is InChI=1S/C15H20N2O/c1-15(11-18,13-7-3-2-4-8-13)17-14-9-5-6-12(14)10-16/h2-4,7-8,12,14,17-18H,5-6,9,11H2,1H3. The van der Waals surface area contributed by atoms with Crippen molar-refractivity contribution in [2.45, 2.75) is 37.8 Å². The Morgan fingerprint density at radius 2 is 2.11 bits per heavy atom. The molecular weight excluding hydrogens is 224 g/mol. The van der Waals surface area contributed by atoms with E-state index in [0.29, 0.717) is 0 Å². The number of hydrogen-bond donors (Lipinski definition) is 2. The Morgan fingerprint density at radius 3 is 2.72 bits per heavy atom. The van der Waals surface area contributed by atoms with Crippen molar-refractivity contribution in [2.75, 3.05) is 6.61 Å². The van der Waals surface area contributed by atoms with Gasteiger partial charge in [0, 0.05) is 6.04 Å². The first-order valence-electron chi connectivity index (χ1n) is 6.53. The van der Waals surface area contributed by atoms with Crippen LogP contribution in [-0.4, -0.2) is 17.8 Å². The van der Waals surface area contributed by atoms with Gasteiger partial charge in [-0.3, -0.25) is 0 Å². The van der Waals surface area contributed by atoms with E-state index in [0.717, 1.165) is 24.8 Å². The van der Waals surface area contributed by atoms with Crippen LogP contribution in [0.3, 0.4) is 0 Å². The number of hydrogen-bond acceptors (Lipinski definition) is 3. The van der Waals surface area contributed by atoms with Gasteiger partial charge in [-0.15, -0.1) is 0 Å². The molecular formula is C15H20N2O. The lowest BCUT2D eigenvalue weighted by Gasteiger charge is -2.33. The summed E-state index contributed by atoms with van der Waals surface area (Å²) in [5.74, 6) is 0.0691. The Balaban J connectivity index is 2.16. The zero-order valence-corrected chi connectivity index (χ0v) is 10.8. The quantitative estimate of drug-likeness (QED) is 0.853. The molecule has 18 heavy (non-hydrogen) atoms. The maximum atomic E-state index is 9.71. The molecule has 0 amide bonds. The molecule has 0 bridgehead atoms.